The van der Waals surface area contributed by atoms with Gasteiger partial charge in [0.15, 0.2) is 29.3 Å². The lowest BCUT2D eigenvalue weighted by Gasteiger charge is -2.50. The van der Waals surface area contributed by atoms with Crippen molar-refractivity contribution in [2.75, 3.05) is 18.6 Å². The molecule has 1 fully saturated rings. The third kappa shape index (κ3) is 4.32. The maximum atomic E-state index is 13.1. The maximum absolute atomic E-state index is 13.1. The van der Waals surface area contributed by atoms with Crippen molar-refractivity contribution in [2.45, 2.75) is 43.6 Å². The summed E-state index contributed by atoms with van der Waals surface area (Å²) in [6.07, 6.45) is 6.13. The minimum Gasteiger partial charge on any atom is -0.543 e. The molecule has 1 saturated heterocycles. The van der Waals surface area contributed by atoms with Gasteiger partial charge in [0.05, 0.1) is 11.7 Å². The van der Waals surface area contributed by atoms with Crippen molar-refractivity contribution < 1.29 is 28.9 Å². The summed E-state index contributed by atoms with van der Waals surface area (Å²) in [5.74, 6) is -2.20. The first kappa shape index (κ1) is 24.3. The maximum Gasteiger partial charge on any atom is 0.276 e. The van der Waals surface area contributed by atoms with Gasteiger partial charge in [-0.25, -0.2) is 4.98 Å². The topological polar surface area (TPSA) is 154 Å². The number of hydrogen-bond donors (Lipinski definition) is 2. The Kier molecular flexibility index (Phi) is 6.67. The first-order valence-corrected chi connectivity index (χ1v) is 13.3. The first-order chi connectivity index (χ1) is 17.4. The summed E-state index contributed by atoms with van der Waals surface area (Å²) in [7, 11) is 1.29. The number of aromatic nitrogens is 2. The largest absolute Gasteiger partial charge is 0.543 e. The number of rotatable bonds is 7. The van der Waals surface area contributed by atoms with Crippen LogP contribution >= 0.6 is 23.1 Å². The number of nitrogen functional groups attached to an aromatic ring is 1. The van der Waals surface area contributed by atoms with Gasteiger partial charge in [0, 0.05) is 34.8 Å². The van der Waals surface area contributed by atoms with Crippen LogP contribution in [0.4, 0.5) is 5.13 Å². The Hall–Kier alpha value is -3.45. The number of hydrogen-bond acceptors (Lipinski definition) is 10. The van der Waals surface area contributed by atoms with Gasteiger partial charge in [-0.3, -0.25) is 14.5 Å². The van der Waals surface area contributed by atoms with Crippen LogP contribution < -0.4 is 20.7 Å². The fraction of sp³-hybridized carbons (Fsp3) is 0.391. The summed E-state index contributed by atoms with van der Waals surface area (Å²) in [5.41, 5.74) is 8.72. The van der Waals surface area contributed by atoms with Gasteiger partial charge in [-0.1, -0.05) is 5.16 Å². The Morgan fingerprint density at radius 1 is 1.39 bits per heavy atom. The number of aryl methyl sites for hydroxylation is 1. The number of carboxylic acid groups (broad SMARTS) is 1. The molecule has 0 spiro atoms. The highest BCUT2D eigenvalue weighted by atomic mass is 32.2. The molecule has 1 unspecified atom stereocenters. The molecule has 2 aromatic rings. The average Bonchev–Trinajstić information content (AvgIpc) is 3.31. The third-order valence-electron chi connectivity index (χ3n) is 6.44. The van der Waals surface area contributed by atoms with Gasteiger partial charge in [-0.05, 0) is 25.3 Å². The molecule has 0 saturated carbocycles. The number of β-lactam (4-membered cyclic amide) rings is 1. The quantitative estimate of drug-likeness (QED) is 0.208. The van der Waals surface area contributed by atoms with E-state index in [4.69, 9.17) is 10.6 Å². The minimum absolute atomic E-state index is 0.117. The highest BCUT2D eigenvalue weighted by molar-refractivity contribution is 8.00. The predicted molar refractivity (Wildman–Crippen MR) is 130 cm³/mol. The lowest BCUT2D eigenvalue weighted by atomic mass is 9.95. The molecule has 2 atom stereocenters. The molecule has 36 heavy (non-hydrogen) atoms. The van der Waals surface area contributed by atoms with E-state index < -0.39 is 29.2 Å². The van der Waals surface area contributed by atoms with Crippen molar-refractivity contribution in [2.24, 2.45) is 5.16 Å². The Morgan fingerprint density at radius 3 is 2.92 bits per heavy atom. The number of amides is 2. The number of carbonyl (C=O) groups is 3. The van der Waals surface area contributed by atoms with Gasteiger partial charge < -0.3 is 25.8 Å². The second-order valence-electron chi connectivity index (χ2n) is 8.61. The Bertz CT molecular complexity index is 1310. The summed E-state index contributed by atoms with van der Waals surface area (Å²) in [6.45, 7) is 0.364. The standard InChI is InChI=1S/C23H24N6O5S2/c1-34-27-16(14-11-36-23(24)25-14)19(30)26-17-20(31)29-18(22(32)33)13(10-35-21(17)29)9-28-8-4-6-12-5-2-3-7-15(12)28/h4,6,8,11,17,21H,2-3,5,7,9-10H2,1H3,(H3-,24,25,26,30,32,33)/b27-16-/t17-,21?/m1/s1. The van der Waals surface area contributed by atoms with E-state index in [-0.39, 0.29) is 22.2 Å². The van der Waals surface area contributed by atoms with E-state index in [0.29, 0.717) is 17.9 Å². The van der Waals surface area contributed by atoms with E-state index in [2.05, 4.69) is 26.1 Å². The van der Waals surface area contributed by atoms with E-state index in [9.17, 15) is 19.5 Å². The van der Waals surface area contributed by atoms with Gasteiger partial charge >= 0.3 is 0 Å². The smallest absolute Gasteiger partial charge is 0.276 e. The molecular formula is C23H24N6O5S2. The van der Waals surface area contributed by atoms with E-state index >= 15 is 0 Å². The van der Waals surface area contributed by atoms with Crippen LogP contribution in [0, 0.1) is 0 Å². The van der Waals surface area contributed by atoms with Crippen LogP contribution in [0.5, 0.6) is 0 Å². The zero-order chi connectivity index (χ0) is 25.4. The average molecular weight is 529 g/mol. The zero-order valence-electron chi connectivity index (χ0n) is 19.4. The Labute approximate surface area is 215 Å². The molecule has 4 heterocycles. The van der Waals surface area contributed by atoms with Crippen LogP contribution in [-0.2, 0) is 38.6 Å². The van der Waals surface area contributed by atoms with Crippen molar-refractivity contribution in [1.29, 1.82) is 0 Å². The number of pyridine rings is 1. The predicted octanol–water partition coefficient (Wildman–Crippen LogP) is -0.654. The normalized spacial score (nSPS) is 21.4. The number of anilines is 1. The van der Waals surface area contributed by atoms with Crippen LogP contribution in [0.2, 0.25) is 0 Å². The molecular weight excluding hydrogens is 504 g/mol. The molecule has 11 nitrogen and oxygen atoms in total. The summed E-state index contributed by atoms with van der Waals surface area (Å²) < 4.78 is 2.07. The number of nitrogens with zero attached hydrogens (tertiary/aromatic N) is 4. The number of nitrogens with two attached hydrogens (primary N) is 1. The molecule has 1 aliphatic carbocycles. The van der Waals surface area contributed by atoms with Gasteiger partial charge in [0.25, 0.3) is 11.8 Å². The second-order valence-corrected chi connectivity index (χ2v) is 10.6. The van der Waals surface area contributed by atoms with E-state index in [1.165, 1.54) is 35.0 Å². The molecule has 0 radical (unpaired) electrons. The number of oxime groups is 1. The van der Waals surface area contributed by atoms with Crippen LogP contribution in [0.1, 0.15) is 29.8 Å². The van der Waals surface area contributed by atoms with Gasteiger partial charge in [0.2, 0.25) is 0 Å². The number of nitrogens with one attached hydrogen (secondary N) is 1. The number of thiazole rings is 1. The van der Waals surface area contributed by atoms with Gasteiger partial charge in [-0.15, -0.1) is 23.1 Å². The fourth-order valence-corrected chi connectivity index (χ4v) is 6.71. The molecule has 3 N–H and O–H groups in total. The molecule has 2 amide bonds. The highest BCUT2D eigenvalue weighted by Crippen LogP contribution is 2.40. The molecule has 13 heteroatoms. The summed E-state index contributed by atoms with van der Waals surface area (Å²) in [4.78, 5) is 48.2. The Morgan fingerprint density at radius 2 is 2.19 bits per heavy atom. The lowest BCUT2D eigenvalue weighted by molar-refractivity contribution is -0.697. The second kappa shape index (κ2) is 9.90. The van der Waals surface area contributed by atoms with E-state index in [1.54, 1.807) is 5.38 Å². The molecule has 2 aliphatic heterocycles. The number of thioether (sulfide) groups is 1. The van der Waals surface area contributed by atoms with Crippen molar-refractivity contribution in [3.8, 4) is 0 Å². The van der Waals surface area contributed by atoms with Crippen molar-refractivity contribution in [3.05, 3.63) is 51.9 Å². The van der Waals surface area contributed by atoms with Crippen LogP contribution in [-0.4, -0.2) is 57.7 Å². The van der Waals surface area contributed by atoms with Crippen LogP contribution in [0.15, 0.2) is 40.1 Å². The number of carboxylic acids is 1. The van der Waals surface area contributed by atoms with E-state index in [0.717, 1.165) is 37.0 Å². The van der Waals surface area contributed by atoms with Crippen molar-refractivity contribution in [3.63, 3.8) is 0 Å². The number of carbonyl (C=O) groups excluding carboxylic acids is 3. The number of fused-ring (bicyclic) bond motifs is 2. The van der Waals surface area contributed by atoms with Crippen molar-refractivity contribution >= 4 is 51.7 Å². The lowest BCUT2D eigenvalue weighted by Crippen LogP contribution is -2.71. The molecule has 0 bridgehead atoms. The highest BCUT2D eigenvalue weighted by Gasteiger charge is 2.53. The zero-order valence-corrected chi connectivity index (χ0v) is 21.1. The third-order valence-corrected chi connectivity index (χ3v) is 8.45. The van der Waals surface area contributed by atoms with Gasteiger partial charge in [0.1, 0.15) is 24.2 Å². The van der Waals surface area contributed by atoms with Crippen LogP contribution in [0.3, 0.4) is 0 Å². The summed E-state index contributed by atoms with van der Waals surface area (Å²) >= 11 is 2.54. The summed E-state index contributed by atoms with van der Waals surface area (Å²) in [6, 6.07) is 3.16. The molecule has 188 valence electrons. The minimum atomic E-state index is -1.40. The van der Waals surface area contributed by atoms with Gasteiger partial charge in [-0.2, -0.15) is 4.57 Å². The number of aliphatic carboxylic acids is 1. The molecule has 3 aliphatic rings. The van der Waals surface area contributed by atoms with E-state index in [1.807, 2.05) is 12.3 Å². The first-order valence-electron chi connectivity index (χ1n) is 11.4. The van der Waals surface area contributed by atoms with Crippen molar-refractivity contribution in [1.82, 2.24) is 15.2 Å². The van der Waals surface area contributed by atoms with Crippen LogP contribution in [0.25, 0.3) is 0 Å². The molecule has 5 rings (SSSR count). The molecule has 2 aromatic heterocycles. The summed E-state index contributed by atoms with van der Waals surface area (Å²) in [5, 5.41) is 19.8. The Balaban J connectivity index is 1.36. The fourth-order valence-electron chi connectivity index (χ4n) is 4.82. The SMILES string of the molecule is CO/N=C(\C(=O)N[C@@H]1C(=O)N2C(C(=O)[O-])=C(C[n+]3cccc4c3CCCC4)CSC12)c1csc(N)n1. The molecule has 0 aromatic carbocycles. The monoisotopic (exact) mass is 528 g/mol.